The third kappa shape index (κ3) is 2.45. The Hall–Kier alpha value is -0.290. The lowest BCUT2D eigenvalue weighted by Gasteiger charge is -2.08. The molecule has 1 N–H and O–H groups in total. The molecule has 0 aromatic carbocycles. The van der Waals surface area contributed by atoms with Gasteiger partial charge in [0, 0.05) is 11.7 Å². The molecule has 1 aliphatic heterocycles. The van der Waals surface area contributed by atoms with Gasteiger partial charge in [-0.25, -0.2) is 8.78 Å². The molecule has 3 atom stereocenters. The lowest BCUT2D eigenvalue weighted by atomic mass is 9.96. The average Bonchev–Trinajstić information content (AvgIpc) is 3.04. The number of hydrogen-bond acceptors (Lipinski definition) is 2. The van der Waals surface area contributed by atoms with Crippen LogP contribution in [0.2, 0.25) is 0 Å². The largest absolute Gasteiger partial charge is 0.481 e. The van der Waals surface area contributed by atoms with Crippen LogP contribution in [-0.2, 0) is 4.79 Å². The van der Waals surface area contributed by atoms with Gasteiger partial charge in [0.1, 0.15) is 0 Å². The van der Waals surface area contributed by atoms with Gasteiger partial charge in [0.05, 0.1) is 10.1 Å². The van der Waals surface area contributed by atoms with E-state index >= 15 is 0 Å². The van der Waals surface area contributed by atoms with E-state index in [9.17, 15) is 13.6 Å². The third-order valence-corrected chi connectivity index (χ3v) is 4.81. The standard InChI is InChI=1S/C9H12F2O2.C2H3ClS/c1-4-9(7(12)13)5(6(10)11)8(9,2)3;3-2-1-4-2/h4-6H,1H2,2-3H3,(H,12,13);2H,1H2. The monoisotopic (exact) mass is 284 g/mol. The number of rotatable bonds is 3. The number of carboxylic acid groups (broad SMARTS) is 1. The van der Waals surface area contributed by atoms with Gasteiger partial charge in [-0.05, 0) is 5.41 Å². The summed E-state index contributed by atoms with van der Waals surface area (Å²) in [7, 11) is 0. The van der Waals surface area contributed by atoms with Crippen LogP contribution >= 0.6 is 23.4 Å². The maximum Gasteiger partial charge on any atom is 0.314 e. The van der Waals surface area contributed by atoms with Crippen molar-refractivity contribution in [1.82, 2.24) is 0 Å². The maximum absolute atomic E-state index is 12.4. The average molecular weight is 285 g/mol. The molecule has 1 saturated heterocycles. The van der Waals surface area contributed by atoms with Gasteiger partial charge < -0.3 is 5.11 Å². The van der Waals surface area contributed by atoms with Crippen LogP contribution in [0.3, 0.4) is 0 Å². The predicted octanol–water partition coefficient (Wildman–Crippen LogP) is 3.46. The van der Waals surface area contributed by atoms with Crippen molar-refractivity contribution in [3.8, 4) is 0 Å². The fourth-order valence-electron chi connectivity index (χ4n) is 2.27. The van der Waals surface area contributed by atoms with Gasteiger partial charge in [-0.3, -0.25) is 4.79 Å². The Bertz CT molecular complexity index is 331. The van der Waals surface area contributed by atoms with Crippen LogP contribution < -0.4 is 0 Å². The number of carboxylic acids is 1. The molecule has 3 unspecified atom stereocenters. The summed E-state index contributed by atoms with van der Waals surface area (Å²) in [6.07, 6.45) is -1.48. The van der Waals surface area contributed by atoms with Gasteiger partial charge in [-0.1, -0.05) is 19.9 Å². The minimum Gasteiger partial charge on any atom is -0.481 e. The Kier molecular flexibility index (Phi) is 4.14. The quantitative estimate of drug-likeness (QED) is 0.490. The maximum atomic E-state index is 12.4. The summed E-state index contributed by atoms with van der Waals surface area (Å²) in [4.78, 5) is 10.8. The Balaban J connectivity index is 0.000000302. The smallest absolute Gasteiger partial charge is 0.314 e. The highest BCUT2D eigenvalue weighted by Gasteiger charge is 2.77. The Morgan fingerprint density at radius 2 is 2.06 bits per heavy atom. The fraction of sp³-hybridized carbons (Fsp3) is 0.727. The summed E-state index contributed by atoms with van der Waals surface area (Å²) in [5, 5.41) is 8.85. The van der Waals surface area contributed by atoms with Crippen molar-refractivity contribution in [1.29, 1.82) is 0 Å². The van der Waals surface area contributed by atoms with Crippen LogP contribution in [-0.4, -0.2) is 28.0 Å². The Labute approximate surface area is 108 Å². The summed E-state index contributed by atoms with van der Waals surface area (Å²) >= 11 is 7.14. The zero-order valence-electron chi connectivity index (χ0n) is 9.62. The zero-order valence-corrected chi connectivity index (χ0v) is 11.2. The van der Waals surface area contributed by atoms with Crippen molar-refractivity contribution < 1.29 is 18.7 Å². The normalized spacial score (nSPS) is 36.8. The summed E-state index contributed by atoms with van der Waals surface area (Å²) in [5.74, 6) is -1.16. The highest BCUT2D eigenvalue weighted by Crippen LogP contribution is 2.71. The molecule has 6 heteroatoms. The molecule has 0 aromatic rings. The van der Waals surface area contributed by atoms with E-state index in [2.05, 4.69) is 6.58 Å². The number of hydrogen-bond donors (Lipinski definition) is 1. The second-order valence-corrected chi connectivity index (χ2v) is 6.68. The molecule has 1 heterocycles. The lowest BCUT2D eigenvalue weighted by molar-refractivity contribution is -0.143. The van der Waals surface area contributed by atoms with E-state index in [4.69, 9.17) is 16.7 Å². The van der Waals surface area contributed by atoms with Crippen molar-refractivity contribution in [3.63, 3.8) is 0 Å². The second-order valence-electron chi connectivity index (χ2n) is 4.66. The number of aliphatic carboxylic acids is 1. The van der Waals surface area contributed by atoms with E-state index < -0.39 is 29.1 Å². The summed E-state index contributed by atoms with van der Waals surface area (Å²) in [5.41, 5.74) is -2.34. The van der Waals surface area contributed by atoms with Crippen LogP contribution in [0.5, 0.6) is 0 Å². The highest BCUT2D eigenvalue weighted by molar-refractivity contribution is 8.08. The molecule has 0 spiro atoms. The van der Waals surface area contributed by atoms with Crippen molar-refractivity contribution in [2.75, 3.05) is 5.75 Å². The Morgan fingerprint density at radius 3 is 2.12 bits per heavy atom. The molecule has 1 aliphatic carbocycles. The first-order valence-corrected chi connectivity index (χ1v) is 6.61. The lowest BCUT2D eigenvalue weighted by Crippen LogP contribution is -2.19. The fourth-order valence-corrected chi connectivity index (χ4v) is 2.56. The first-order chi connectivity index (χ1) is 7.71. The van der Waals surface area contributed by atoms with Gasteiger partial charge in [0.15, 0.2) is 0 Å². The van der Waals surface area contributed by atoms with Crippen molar-refractivity contribution >= 4 is 29.3 Å². The molecule has 1 saturated carbocycles. The number of carbonyl (C=O) groups is 1. The van der Waals surface area contributed by atoms with E-state index in [0.717, 1.165) is 6.08 Å². The first kappa shape index (κ1) is 14.8. The molecule has 98 valence electrons. The number of alkyl halides is 3. The number of halogens is 3. The molecule has 2 aliphatic rings. The van der Waals surface area contributed by atoms with Gasteiger partial charge in [-0.15, -0.1) is 29.9 Å². The van der Waals surface area contributed by atoms with Gasteiger partial charge >= 0.3 is 5.97 Å². The van der Waals surface area contributed by atoms with E-state index in [1.165, 1.54) is 19.6 Å². The second kappa shape index (κ2) is 4.76. The van der Waals surface area contributed by atoms with Crippen molar-refractivity contribution in [2.24, 2.45) is 16.7 Å². The van der Waals surface area contributed by atoms with E-state index in [1.807, 2.05) is 0 Å². The molecule has 2 nitrogen and oxygen atoms in total. The molecule has 0 aromatic heterocycles. The molecule has 2 rings (SSSR count). The number of thioether (sulfide) groups is 1. The topological polar surface area (TPSA) is 37.3 Å². The first-order valence-electron chi connectivity index (χ1n) is 5.12. The molecule has 2 fully saturated rings. The van der Waals surface area contributed by atoms with Gasteiger partial charge in [-0.2, -0.15) is 0 Å². The van der Waals surface area contributed by atoms with Crippen molar-refractivity contribution in [2.45, 2.75) is 25.0 Å². The predicted molar refractivity (Wildman–Crippen MR) is 65.6 cm³/mol. The van der Waals surface area contributed by atoms with E-state index in [1.54, 1.807) is 11.8 Å². The van der Waals surface area contributed by atoms with Crippen LogP contribution in [0.15, 0.2) is 12.7 Å². The molecule has 0 amide bonds. The summed E-state index contributed by atoms with van der Waals surface area (Å²) in [6.45, 7) is 6.39. The minimum atomic E-state index is -2.61. The SMILES string of the molecule is C=CC1(C(=O)O)C(C(F)F)C1(C)C.ClC1CS1. The highest BCUT2D eigenvalue weighted by atomic mass is 35.5. The van der Waals surface area contributed by atoms with Crippen LogP contribution in [0, 0.1) is 16.7 Å². The van der Waals surface area contributed by atoms with Crippen LogP contribution in [0.25, 0.3) is 0 Å². The molecule has 17 heavy (non-hydrogen) atoms. The van der Waals surface area contributed by atoms with Gasteiger partial charge in [0.2, 0.25) is 6.43 Å². The molecular formula is C11H15ClF2O2S. The Morgan fingerprint density at radius 1 is 1.65 bits per heavy atom. The zero-order chi connectivity index (χ0) is 13.4. The van der Waals surface area contributed by atoms with E-state index in [0.29, 0.717) is 4.71 Å². The molecule has 0 bridgehead atoms. The summed E-state index contributed by atoms with van der Waals surface area (Å²) in [6, 6.07) is 0. The van der Waals surface area contributed by atoms with Crippen LogP contribution in [0.4, 0.5) is 8.78 Å². The van der Waals surface area contributed by atoms with Gasteiger partial charge in [0.25, 0.3) is 0 Å². The minimum absolute atomic E-state index is 0.472. The van der Waals surface area contributed by atoms with E-state index in [-0.39, 0.29) is 0 Å². The van der Waals surface area contributed by atoms with Crippen LogP contribution in [0.1, 0.15) is 13.8 Å². The van der Waals surface area contributed by atoms with Crippen molar-refractivity contribution in [3.05, 3.63) is 12.7 Å². The summed E-state index contributed by atoms with van der Waals surface area (Å²) < 4.78 is 25.4. The molecular weight excluding hydrogens is 270 g/mol. The molecule has 0 radical (unpaired) electrons. The third-order valence-electron chi connectivity index (χ3n) is 3.47.